The first-order chi connectivity index (χ1) is 8.54. The summed E-state index contributed by atoms with van der Waals surface area (Å²) in [7, 11) is 5.18. The topological polar surface area (TPSA) is 41.6 Å². The van der Waals surface area contributed by atoms with Crippen molar-refractivity contribution in [3.63, 3.8) is 0 Å². The number of halogens is 1. The zero-order valence-corrected chi connectivity index (χ0v) is 12.6. The summed E-state index contributed by atoms with van der Waals surface area (Å²) in [6.45, 7) is 0.742. The van der Waals surface area contributed by atoms with Crippen molar-refractivity contribution in [1.82, 2.24) is 4.90 Å². The molecule has 100 valence electrons. The summed E-state index contributed by atoms with van der Waals surface area (Å²) in [5, 5.41) is 3.27. The van der Waals surface area contributed by atoms with Gasteiger partial charge >= 0.3 is 0 Å². The molecule has 0 atom stereocenters. The summed E-state index contributed by atoms with van der Waals surface area (Å²) in [5.74, 6) is 0.954. The molecule has 0 bridgehead atoms. The minimum Gasteiger partial charge on any atom is -0.495 e. The molecule has 0 fully saturated rings. The van der Waals surface area contributed by atoms with Crippen molar-refractivity contribution in [2.24, 2.45) is 0 Å². The fraction of sp³-hybridized carbons (Fsp3) is 0.462. The second kappa shape index (κ2) is 7.26. The first-order valence-corrected chi connectivity index (χ1v) is 6.61. The number of carbonyl (C=O) groups is 1. The highest BCUT2D eigenvalue weighted by Crippen LogP contribution is 2.27. The largest absolute Gasteiger partial charge is 0.495 e. The lowest BCUT2D eigenvalue weighted by atomic mass is 10.2. The van der Waals surface area contributed by atoms with Crippen LogP contribution < -0.4 is 10.1 Å². The van der Waals surface area contributed by atoms with Crippen LogP contribution >= 0.6 is 15.9 Å². The van der Waals surface area contributed by atoms with E-state index in [4.69, 9.17) is 4.74 Å². The molecule has 0 saturated heterocycles. The predicted octanol–water partition coefficient (Wildman–Crippen LogP) is 2.74. The smallest absolute Gasteiger partial charge is 0.222 e. The van der Waals surface area contributed by atoms with Crippen LogP contribution in [0.5, 0.6) is 5.75 Å². The van der Waals surface area contributed by atoms with Crippen molar-refractivity contribution in [3.05, 3.63) is 22.7 Å². The number of amides is 1. The van der Waals surface area contributed by atoms with Gasteiger partial charge in [0.1, 0.15) is 5.75 Å². The van der Waals surface area contributed by atoms with Gasteiger partial charge in [0.15, 0.2) is 0 Å². The van der Waals surface area contributed by atoms with E-state index in [-0.39, 0.29) is 5.91 Å². The first-order valence-electron chi connectivity index (χ1n) is 5.82. The van der Waals surface area contributed by atoms with Gasteiger partial charge in [-0.1, -0.05) is 15.9 Å². The van der Waals surface area contributed by atoms with Crippen LogP contribution in [-0.4, -0.2) is 38.6 Å². The molecule has 1 aromatic rings. The molecule has 1 amide bonds. The minimum atomic E-state index is 0.151. The second-order valence-corrected chi connectivity index (χ2v) is 5.08. The summed E-state index contributed by atoms with van der Waals surface area (Å²) in [4.78, 5) is 13.0. The van der Waals surface area contributed by atoms with E-state index in [0.29, 0.717) is 6.42 Å². The van der Waals surface area contributed by atoms with Gasteiger partial charge in [-0.05, 0) is 24.6 Å². The molecule has 0 radical (unpaired) electrons. The number of hydrogen-bond acceptors (Lipinski definition) is 3. The molecule has 1 N–H and O–H groups in total. The van der Waals surface area contributed by atoms with Gasteiger partial charge in [-0.2, -0.15) is 0 Å². The lowest BCUT2D eigenvalue weighted by Crippen LogP contribution is -2.22. The number of nitrogens with zero attached hydrogens (tertiary/aromatic N) is 1. The van der Waals surface area contributed by atoms with Gasteiger partial charge in [-0.3, -0.25) is 4.79 Å². The Morgan fingerprint density at radius 3 is 2.78 bits per heavy atom. The SMILES string of the molecule is COc1ccc(Br)cc1NCCCC(=O)N(C)C. The Bertz CT molecular complexity index is 408. The molecule has 0 aliphatic heterocycles. The number of ether oxygens (including phenoxy) is 1. The highest BCUT2D eigenvalue weighted by atomic mass is 79.9. The average Bonchev–Trinajstić information content (AvgIpc) is 2.34. The number of anilines is 1. The molecule has 0 saturated carbocycles. The Kier molecular flexibility index (Phi) is 5.98. The molecule has 0 spiro atoms. The van der Waals surface area contributed by atoms with E-state index in [1.165, 1.54) is 0 Å². The Morgan fingerprint density at radius 2 is 2.17 bits per heavy atom. The van der Waals surface area contributed by atoms with E-state index in [9.17, 15) is 4.79 Å². The molecule has 18 heavy (non-hydrogen) atoms. The summed E-state index contributed by atoms with van der Waals surface area (Å²) >= 11 is 3.42. The highest BCUT2D eigenvalue weighted by molar-refractivity contribution is 9.10. The number of nitrogens with one attached hydrogen (secondary N) is 1. The average molecular weight is 315 g/mol. The lowest BCUT2D eigenvalue weighted by molar-refractivity contribution is -0.128. The monoisotopic (exact) mass is 314 g/mol. The molecule has 0 aromatic heterocycles. The number of benzene rings is 1. The molecule has 0 unspecified atom stereocenters. The third-order valence-corrected chi connectivity index (χ3v) is 3.04. The molecule has 5 heteroatoms. The summed E-state index contributed by atoms with van der Waals surface area (Å²) in [5.41, 5.74) is 0.934. The molecule has 1 rings (SSSR count). The van der Waals surface area contributed by atoms with Crippen molar-refractivity contribution in [3.8, 4) is 5.75 Å². The molecule has 0 aliphatic rings. The van der Waals surface area contributed by atoms with E-state index in [1.807, 2.05) is 18.2 Å². The molecule has 1 aromatic carbocycles. The van der Waals surface area contributed by atoms with Gasteiger partial charge in [-0.15, -0.1) is 0 Å². The van der Waals surface area contributed by atoms with Crippen LogP contribution in [0.4, 0.5) is 5.69 Å². The van der Waals surface area contributed by atoms with Crippen molar-refractivity contribution in [2.45, 2.75) is 12.8 Å². The molecule has 4 nitrogen and oxygen atoms in total. The fourth-order valence-corrected chi connectivity index (χ4v) is 1.87. The Labute approximate surface area is 116 Å². The van der Waals surface area contributed by atoms with Gasteiger partial charge in [0.05, 0.1) is 12.8 Å². The summed E-state index contributed by atoms with van der Waals surface area (Å²) in [6.07, 6.45) is 1.35. The first kappa shape index (κ1) is 14.8. The Balaban J connectivity index is 2.44. The van der Waals surface area contributed by atoms with Gasteiger partial charge in [0.25, 0.3) is 0 Å². The fourth-order valence-electron chi connectivity index (χ4n) is 1.50. The van der Waals surface area contributed by atoms with Crippen molar-refractivity contribution < 1.29 is 9.53 Å². The zero-order chi connectivity index (χ0) is 13.5. The Morgan fingerprint density at radius 1 is 1.44 bits per heavy atom. The molecule has 0 aliphatic carbocycles. The summed E-state index contributed by atoms with van der Waals surface area (Å²) < 4.78 is 6.25. The van der Waals surface area contributed by atoms with E-state index in [0.717, 1.165) is 28.9 Å². The summed E-state index contributed by atoms with van der Waals surface area (Å²) in [6, 6.07) is 5.80. The third-order valence-electron chi connectivity index (χ3n) is 2.54. The van der Waals surface area contributed by atoms with E-state index < -0.39 is 0 Å². The molecular weight excluding hydrogens is 296 g/mol. The standard InChI is InChI=1S/C13H19BrN2O2/c1-16(2)13(17)5-4-8-15-11-9-10(14)6-7-12(11)18-3/h6-7,9,15H,4-5,8H2,1-3H3. The zero-order valence-electron chi connectivity index (χ0n) is 11.0. The van der Waals surface area contributed by atoms with Gasteiger partial charge < -0.3 is 15.0 Å². The van der Waals surface area contributed by atoms with Crippen LogP contribution in [0.1, 0.15) is 12.8 Å². The maximum Gasteiger partial charge on any atom is 0.222 e. The van der Waals surface area contributed by atoms with E-state index >= 15 is 0 Å². The normalized spacial score (nSPS) is 10.0. The van der Waals surface area contributed by atoms with Crippen LogP contribution in [0.15, 0.2) is 22.7 Å². The van der Waals surface area contributed by atoms with Gasteiger partial charge in [0, 0.05) is 31.5 Å². The minimum absolute atomic E-state index is 0.151. The van der Waals surface area contributed by atoms with Crippen LogP contribution in [-0.2, 0) is 4.79 Å². The van der Waals surface area contributed by atoms with E-state index in [2.05, 4.69) is 21.2 Å². The van der Waals surface area contributed by atoms with Crippen LogP contribution in [0.3, 0.4) is 0 Å². The highest BCUT2D eigenvalue weighted by Gasteiger charge is 2.05. The Hall–Kier alpha value is -1.23. The van der Waals surface area contributed by atoms with Crippen molar-refractivity contribution >= 4 is 27.5 Å². The maximum atomic E-state index is 11.4. The lowest BCUT2D eigenvalue weighted by Gasteiger charge is -2.13. The van der Waals surface area contributed by atoms with E-state index in [1.54, 1.807) is 26.1 Å². The number of hydrogen-bond donors (Lipinski definition) is 1. The molecule has 0 heterocycles. The quantitative estimate of drug-likeness (QED) is 0.821. The number of methoxy groups -OCH3 is 1. The van der Waals surface area contributed by atoms with Crippen LogP contribution in [0, 0.1) is 0 Å². The maximum absolute atomic E-state index is 11.4. The number of rotatable bonds is 6. The number of carbonyl (C=O) groups excluding carboxylic acids is 1. The third kappa shape index (κ3) is 4.56. The predicted molar refractivity (Wildman–Crippen MR) is 77.1 cm³/mol. The van der Waals surface area contributed by atoms with Gasteiger partial charge in [0.2, 0.25) is 5.91 Å². The second-order valence-electron chi connectivity index (χ2n) is 4.16. The molecular formula is C13H19BrN2O2. The van der Waals surface area contributed by atoms with Crippen LogP contribution in [0.25, 0.3) is 0 Å². The van der Waals surface area contributed by atoms with Gasteiger partial charge in [-0.25, -0.2) is 0 Å². The van der Waals surface area contributed by atoms with Crippen molar-refractivity contribution in [2.75, 3.05) is 33.1 Å². The van der Waals surface area contributed by atoms with Crippen LogP contribution in [0.2, 0.25) is 0 Å². The van der Waals surface area contributed by atoms with Crippen molar-refractivity contribution in [1.29, 1.82) is 0 Å².